The largest absolute Gasteiger partial charge is 0.506 e. The van der Waals surface area contributed by atoms with Crippen LogP contribution >= 0.6 is 7.82 Å². The lowest BCUT2D eigenvalue weighted by atomic mass is 9.94. The summed E-state index contributed by atoms with van der Waals surface area (Å²) in [4.78, 5) is 32.1. The number of aryl methyl sites for hydroxylation is 1. The molecule has 0 unspecified atom stereocenters. The topological polar surface area (TPSA) is 189 Å². The SMILES string of the molecule is Cc1ncc(COP(=O)(O)O)c([C@H](N)C[C@@H](N)CCC(=O)O)c1O. The smallest absolute Gasteiger partial charge is 0.469 e. The van der Waals surface area contributed by atoms with Gasteiger partial charge in [-0.1, -0.05) is 0 Å². The molecule has 0 amide bonds. The van der Waals surface area contributed by atoms with Crippen LogP contribution in [-0.4, -0.2) is 37.0 Å². The number of carboxylic acids is 1. The van der Waals surface area contributed by atoms with E-state index in [1.54, 1.807) is 6.92 Å². The van der Waals surface area contributed by atoms with Gasteiger partial charge in [-0.15, -0.1) is 0 Å². The molecule has 8 N–H and O–H groups in total. The summed E-state index contributed by atoms with van der Waals surface area (Å²) in [6, 6.07) is -1.29. The third kappa shape index (κ3) is 6.52. The molecule has 0 aliphatic carbocycles. The van der Waals surface area contributed by atoms with Crippen molar-refractivity contribution in [1.29, 1.82) is 0 Å². The fourth-order valence-corrected chi connectivity index (χ4v) is 2.51. The molecule has 1 heterocycles. The number of nitrogens with two attached hydrogens (primary N) is 2. The zero-order valence-electron chi connectivity index (χ0n) is 13.1. The van der Waals surface area contributed by atoms with Gasteiger partial charge in [0, 0.05) is 35.8 Å². The second-order valence-corrected chi connectivity index (χ2v) is 6.67. The van der Waals surface area contributed by atoms with Crippen LogP contribution in [0.5, 0.6) is 5.75 Å². The molecule has 0 spiro atoms. The van der Waals surface area contributed by atoms with Gasteiger partial charge in [0.15, 0.2) is 0 Å². The number of carbonyl (C=O) groups is 1. The Bertz CT molecular complexity index is 634. The third-order valence-corrected chi connectivity index (χ3v) is 3.87. The maximum atomic E-state index is 10.8. The van der Waals surface area contributed by atoms with Crippen molar-refractivity contribution in [2.45, 2.75) is 44.9 Å². The number of carboxylic acid groups (broad SMARTS) is 1. The van der Waals surface area contributed by atoms with E-state index in [1.165, 1.54) is 6.20 Å². The summed E-state index contributed by atoms with van der Waals surface area (Å²) >= 11 is 0. The molecule has 1 rings (SSSR count). The number of phosphoric acid groups is 1. The lowest BCUT2D eigenvalue weighted by Crippen LogP contribution is -2.28. The number of phosphoric ester groups is 1. The number of pyridine rings is 1. The van der Waals surface area contributed by atoms with Gasteiger partial charge < -0.3 is 31.5 Å². The fourth-order valence-electron chi connectivity index (χ4n) is 2.21. The van der Waals surface area contributed by atoms with Gasteiger partial charge >= 0.3 is 13.8 Å². The predicted octanol–water partition coefficient (Wildman–Crippen LogP) is 0.287. The summed E-state index contributed by atoms with van der Waals surface area (Å²) < 4.78 is 15.3. The van der Waals surface area contributed by atoms with Gasteiger partial charge in [0.25, 0.3) is 0 Å². The molecular weight excluding hydrogens is 341 g/mol. The van der Waals surface area contributed by atoms with Crippen LogP contribution in [-0.2, 0) is 20.5 Å². The molecular formula is C13H22N3O7P. The second-order valence-electron chi connectivity index (χ2n) is 5.43. The number of hydrogen-bond acceptors (Lipinski definition) is 7. The van der Waals surface area contributed by atoms with Crippen molar-refractivity contribution in [2.24, 2.45) is 11.5 Å². The Morgan fingerprint density at radius 1 is 1.42 bits per heavy atom. The average molecular weight is 363 g/mol. The van der Waals surface area contributed by atoms with Crippen molar-refractivity contribution in [1.82, 2.24) is 4.98 Å². The number of aliphatic carboxylic acids is 1. The lowest BCUT2D eigenvalue weighted by molar-refractivity contribution is -0.137. The van der Waals surface area contributed by atoms with Crippen LogP contribution in [0.1, 0.15) is 42.1 Å². The Hall–Kier alpha value is -1.55. The standard InChI is InChI=1S/C13H22N3O7P/c1-7-13(19)12(8(5-16-7)6-23-24(20,21)22)10(15)4-9(14)2-3-11(17)18/h5,9-10,19H,2-4,6,14-15H2,1H3,(H,17,18)(H2,20,21,22)/t9-,10+/m0/s1. The molecule has 24 heavy (non-hydrogen) atoms. The molecule has 0 bridgehead atoms. The minimum Gasteiger partial charge on any atom is -0.506 e. The highest BCUT2D eigenvalue weighted by Gasteiger charge is 2.23. The van der Waals surface area contributed by atoms with E-state index in [-0.39, 0.29) is 36.1 Å². The highest BCUT2D eigenvalue weighted by molar-refractivity contribution is 7.46. The maximum absolute atomic E-state index is 10.8. The van der Waals surface area contributed by atoms with Crippen molar-refractivity contribution < 1.29 is 33.9 Å². The number of hydrogen-bond donors (Lipinski definition) is 6. The van der Waals surface area contributed by atoms with E-state index in [0.29, 0.717) is 5.69 Å². The minimum atomic E-state index is -4.70. The second kappa shape index (κ2) is 8.52. The number of rotatable bonds is 9. The zero-order chi connectivity index (χ0) is 18.5. The Labute approximate surface area is 138 Å². The van der Waals surface area contributed by atoms with Gasteiger partial charge in [0.1, 0.15) is 5.75 Å². The van der Waals surface area contributed by atoms with Crippen molar-refractivity contribution >= 4 is 13.8 Å². The molecule has 0 radical (unpaired) electrons. The van der Waals surface area contributed by atoms with E-state index in [2.05, 4.69) is 9.51 Å². The van der Waals surface area contributed by atoms with Gasteiger partial charge in [0.05, 0.1) is 12.3 Å². The maximum Gasteiger partial charge on any atom is 0.469 e. The Balaban J connectivity index is 2.95. The van der Waals surface area contributed by atoms with E-state index in [1.807, 2.05) is 0 Å². The molecule has 0 saturated heterocycles. The van der Waals surface area contributed by atoms with E-state index in [4.69, 9.17) is 26.4 Å². The summed E-state index contributed by atoms with van der Waals surface area (Å²) in [6.45, 7) is 1.06. The quantitative estimate of drug-likeness (QED) is 0.332. The molecule has 10 nitrogen and oxygen atoms in total. The Morgan fingerprint density at radius 2 is 2.04 bits per heavy atom. The molecule has 2 atom stereocenters. The first-order chi connectivity index (χ1) is 11.0. The van der Waals surface area contributed by atoms with Gasteiger partial charge in [-0.05, 0) is 19.8 Å². The van der Waals surface area contributed by atoms with Crippen LogP contribution in [0.2, 0.25) is 0 Å². The van der Waals surface area contributed by atoms with Crippen LogP contribution in [0, 0.1) is 6.92 Å². The van der Waals surface area contributed by atoms with Crippen molar-refractivity contribution in [3.05, 3.63) is 23.0 Å². The van der Waals surface area contributed by atoms with E-state index in [0.717, 1.165) is 0 Å². The first-order valence-electron chi connectivity index (χ1n) is 7.11. The first kappa shape index (κ1) is 20.5. The van der Waals surface area contributed by atoms with E-state index < -0.39 is 32.5 Å². The summed E-state index contributed by atoms with van der Waals surface area (Å²) in [5.41, 5.74) is 12.6. The third-order valence-electron chi connectivity index (χ3n) is 3.40. The van der Waals surface area contributed by atoms with E-state index >= 15 is 0 Å². The molecule has 0 saturated carbocycles. The lowest BCUT2D eigenvalue weighted by Gasteiger charge is -2.21. The van der Waals surface area contributed by atoms with Crippen molar-refractivity contribution in [2.75, 3.05) is 0 Å². The number of nitrogens with zero attached hydrogens (tertiary/aromatic N) is 1. The Kier molecular flexibility index (Phi) is 7.27. The molecule has 1 aromatic rings. The van der Waals surface area contributed by atoms with Gasteiger partial charge in [-0.2, -0.15) is 0 Å². The zero-order valence-corrected chi connectivity index (χ0v) is 14.0. The van der Waals surface area contributed by atoms with Gasteiger partial charge in [-0.3, -0.25) is 14.3 Å². The number of aromatic hydroxyl groups is 1. The first-order valence-corrected chi connectivity index (χ1v) is 8.64. The van der Waals surface area contributed by atoms with Gasteiger partial charge in [0.2, 0.25) is 0 Å². The van der Waals surface area contributed by atoms with Crippen molar-refractivity contribution in [3.63, 3.8) is 0 Å². The molecule has 0 aliphatic heterocycles. The van der Waals surface area contributed by atoms with Crippen LogP contribution < -0.4 is 11.5 Å². The molecule has 0 aliphatic rings. The summed E-state index contributed by atoms with van der Waals surface area (Å²) in [5, 5.41) is 18.8. The van der Waals surface area contributed by atoms with Crippen molar-refractivity contribution in [3.8, 4) is 5.75 Å². The van der Waals surface area contributed by atoms with Crippen LogP contribution in [0.4, 0.5) is 0 Å². The number of aromatic nitrogens is 1. The summed E-state index contributed by atoms with van der Waals surface area (Å²) in [5.74, 6) is -1.18. The highest BCUT2D eigenvalue weighted by atomic mass is 31.2. The van der Waals surface area contributed by atoms with Crippen LogP contribution in [0.25, 0.3) is 0 Å². The van der Waals surface area contributed by atoms with Crippen LogP contribution in [0.3, 0.4) is 0 Å². The Morgan fingerprint density at radius 3 is 2.58 bits per heavy atom. The monoisotopic (exact) mass is 363 g/mol. The van der Waals surface area contributed by atoms with Gasteiger partial charge in [-0.25, -0.2) is 4.57 Å². The summed E-state index contributed by atoms with van der Waals surface area (Å²) in [7, 11) is -4.70. The minimum absolute atomic E-state index is 0.108. The summed E-state index contributed by atoms with van der Waals surface area (Å²) in [6.07, 6.45) is 1.58. The predicted molar refractivity (Wildman–Crippen MR) is 83.9 cm³/mol. The fraction of sp³-hybridized carbons (Fsp3) is 0.538. The molecule has 1 aromatic heterocycles. The molecule has 136 valence electrons. The van der Waals surface area contributed by atoms with Crippen LogP contribution in [0.15, 0.2) is 6.20 Å². The van der Waals surface area contributed by atoms with E-state index in [9.17, 15) is 14.5 Å². The molecule has 11 heteroatoms. The molecule has 0 fully saturated rings. The molecule has 0 aromatic carbocycles. The average Bonchev–Trinajstić information content (AvgIpc) is 2.45. The normalized spacial score (nSPS) is 14.4. The highest BCUT2D eigenvalue weighted by Crippen LogP contribution is 2.39.